The number of carbonyl (C=O) groups is 1. The number of nitrogens with two attached hydrogens (primary N) is 1. The first-order valence-electron chi connectivity index (χ1n) is 7.59. The third-order valence-corrected chi connectivity index (χ3v) is 4.68. The van der Waals surface area contributed by atoms with Crippen LogP contribution in [0.5, 0.6) is 0 Å². The molecule has 2 N–H and O–H groups in total. The average Bonchev–Trinajstić information content (AvgIpc) is 3.15. The van der Waals surface area contributed by atoms with Gasteiger partial charge in [-0.15, -0.1) is 0 Å². The van der Waals surface area contributed by atoms with Crippen molar-refractivity contribution in [1.82, 2.24) is 4.90 Å². The fraction of sp³-hybridized carbons (Fsp3) is 0.562. The van der Waals surface area contributed by atoms with E-state index in [1.807, 2.05) is 4.90 Å². The Labute approximate surface area is 127 Å². The molecule has 0 bridgehead atoms. The lowest BCUT2D eigenvalue weighted by Crippen LogP contribution is -2.40. The topological polar surface area (TPSA) is 46.3 Å². The molecule has 3 unspecified atom stereocenters. The van der Waals surface area contributed by atoms with Gasteiger partial charge in [0.25, 0.3) is 0 Å². The van der Waals surface area contributed by atoms with E-state index in [1.54, 1.807) is 6.07 Å². The third-order valence-electron chi connectivity index (χ3n) is 4.68. The van der Waals surface area contributed by atoms with E-state index in [-0.39, 0.29) is 23.8 Å². The molecule has 1 saturated carbocycles. The van der Waals surface area contributed by atoms with E-state index < -0.39 is 11.7 Å². The predicted octanol–water partition coefficient (Wildman–Crippen LogP) is 2.76. The van der Waals surface area contributed by atoms with Gasteiger partial charge in [0, 0.05) is 25.0 Å². The minimum absolute atomic E-state index is 0.0513. The molecule has 120 valence electrons. The van der Waals surface area contributed by atoms with E-state index in [1.165, 1.54) is 12.1 Å². The maximum absolute atomic E-state index is 12.8. The largest absolute Gasteiger partial charge is 0.416 e. The van der Waals surface area contributed by atoms with Crippen molar-refractivity contribution in [2.24, 2.45) is 11.7 Å². The molecule has 2 fully saturated rings. The van der Waals surface area contributed by atoms with Gasteiger partial charge in [0.05, 0.1) is 5.56 Å². The van der Waals surface area contributed by atoms with Gasteiger partial charge in [0.15, 0.2) is 0 Å². The van der Waals surface area contributed by atoms with Crippen LogP contribution >= 0.6 is 0 Å². The Morgan fingerprint density at radius 1 is 1.36 bits per heavy atom. The van der Waals surface area contributed by atoms with Crippen LogP contribution in [0.25, 0.3) is 0 Å². The number of likely N-dealkylation sites (tertiary alicyclic amines) is 1. The highest BCUT2D eigenvalue weighted by atomic mass is 19.4. The summed E-state index contributed by atoms with van der Waals surface area (Å²) in [6.45, 7) is 1.17. The van der Waals surface area contributed by atoms with E-state index >= 15 is 0 Å². The summed E-state index contributed by atoms with van der Waals surface area (Å²) in [4.78, 5) is 14.3. The molecule has 1 saturated heterocycles. The molecule has 3 rings (SSSR count). The Kier molecular flexibility index (Phi) is 3.89. The number of benzene rings is 1. The smallest absolute Gasteiger partial charge is 0.338 e. The molecular weight excluding hydrogens is 293 g/mol. The minimum atomic E-state index is -4.34. The Bertz CT molecular complexity index is 573. The normalized spacial score (nSPS) is 28.0. The first-order valence-corrected chi connectivity index (χ1v) is 7.59. The van der Waals surface area contributed by atoms with Crippen molar-refractivity contribution >= 4 is 5.91 Å². The summed E-state index contributed by atoms with van der Waals surface area (Å²) in [6, 6.07) is 5.42. The summed E-state index contributed by atoms with van der Waals surface area (Å²) >= 11 is 0. The molecule has 1 aliphatic heterocycles. The minimum Gasteiger partial charge on any atom is -0.338 e. The first-order chi connectivity index (χ1) is 10.4. The number of hydrogen-bond donors (Lipinski definition) is 1. The number of halogens is 3. The third kappa shape index (κ3) is 2.84. The lowest BCUT2D eigenvalue weighted by Gasteiger charge is -2.23. The van der Waals surface area contributed by atoms with E-state index in [9.17, 15) is 18.0 Å². The van der Waals surface area contributed by atoms with Gasteiger partial charge < -0.3 is 10.6 Å². The molecule has 1 amide bonds. The van der Waals surface area contributed by atoms with Crippen molar-refractivity contribution < 1.29 is 18.0 Å². The standard InChI is InChI=1S/C16H19F3N2O/c17-16(18,19)11-4-1-3-10(7-11)13-8-14(13)15(22)21-6-2-5-12(21)9-20/h1,3-4,7,12-14H,2,5-6,8-9,20H2. The molecule has 0 aromatic heterocycles. The van der Waals surface area contributed by atoms with Crippen LogP contribution in [0.15, 0.2) is 24.3 Å². The van der Waals surface area contributed by atoms with Crippen molar-refractivity contribution in [3.8, 4) is 0 Å². The van der Waals surface area contributed by atoms with Crippen LogP contribution in [-0.4, -0.2) is 29.9 Å². The van der Waals surface area contributed by atoms with Crippen LogP contribution in [0.4, 0.5) is 13.2 Å². The summed E-state index contributed by atoms with van der Waals surface area (Å²) in [5.74, 6) is -0.222. The second-order valence-electron chi connectivity index (χ2n) is 6.14. The number of carbonyl (C=O) groups excluding carboxylic acids is 1. The Morgan fingerprint density at radius 2 is 2.14 bits per heavy atom. The van der Waals surface area contributed by atoms with Gasteiger partial charge in [-0.3, -0.25) is 4.79 Å². The second-order valence-corrected chi connectivity index (χ2v) is 6.14. The van der Waals surface area contributed by atoms with E-state index in [0.717, 1.165) is 18.9 Å². The maximum atomic E-state index is 12.8. The lowest BCUT2D eigenvalue weighted by atomic mass is 10.0. The summed E-state index contributed by atoms with van der Waals surface area (Å²) in [5, 5.41) is 0. The highest BCUT2D eigenvalue weighted by Gasteiger charge is 2.47. The molecule has 22 heavy (non-hydrogen) atoms. The van der Waals surface area contributed by atoms with Crippen molar-refractivity contribution in [1.29, 1.82) is 0 Å². The van der Waals surface area contributed by atoms with Crippen molar-refractivity contribution in [3.63, 3.8) is 0 Å². The van der Waals surface area contributed by atoms with Crippen LogP contribution in [0.2, 0.25) is 0 Å². The summed E-state index contributed by atoms with van der Waals surface area (Å²) < 4.78 is 38.3. The van der Waals surface area contributed by atoms with Crippen LogP contribution in [0.3, 0.4) is 0 Å². The number of hydrogen-bond acceptors (Lipinski definition) is 2. The Hall–Kier alpha value is -1.56. The molecule has 1 aliphatic carbocycles. The monoisotopic (exact) mass is 312 g/mol. The highest BCUT2D eigenvalue weighted by Crippen LogP contribution is 2.49. The quantitative estimate of drug-likeness (QED) is 0.933. The number of amides is 1. The maximum Gasteiger partial charge on any atom is 0.416 e. The van der Waals surface area contributed by atoms with Gasteiger partial charge in [-0.05, 0) is 36.8 Å². The molecule has 2 aliphatic rings. The zero-order chi connectivity index (χ0) is 15.9. The van der Waals surface area contributed by atoms with Crippen LogP contribution in [0, 0.1) is 5.92 Å². The molecule has 1 aromatic carbocycles. The summed E-state index contributed by atoms with van der Waals surface area (Å²) in [5.41, 5.74) is 5.64. The van der Waals surface area contributed by atoms with Crippen molar-refractivity contribution in [2.45, 2.75) is 37.4 Å². The Morgan fingerprint density at radius 3 is 2.82 bits per heavy atom. The van der Waals surface area contributed by atoms with Crippen LogP contribution in [-0.2, 0) is 11.0 Å². The summed E-state index contributed by atoms with van der Waals surface area (Å²) in [7, 11) is 0. The van der Waals surface area contributed by atoms with Gasteiger partial charge in [-0.2, -0.15) is 13.2 Å². The predicted molar refractivity (Wildman–Crippen MR) is 76.1 cm³/mol. The Balaban J connectivity index is 1.71. The highest BCUT2D eigenvalue weighted by molar-refractivity contribution is 5.83. The van der Waals surface area contributed by atoms with Gasteiger partial charge in [0.1, 0.15) is 0 Å². The SMILES string of the molecule is NCC1CCCN1C(=O)C1CC1c1cccc(C(F)(F)F)c1. The van der Waals surface area contributed by atoms with Gasteiger partial charge in [-0.25, -0.2) is 0 Å². The molecule has 6 heteroatoms. The van der Waals surface area contributed by atoms with Gasteiger partial charge in [-0.1, -0.05) is 18.2 Å². The molecule has 1 heterocycles. The fourth-order valence-corrected chi connectivity index (χ4v) is 3.37. The van der Waals surface area contributed by atoms with E-state index in [0.29, 0.717) is 25.1 Å². The van der Waals surface area contributed by atoms with E-state index in [4.69, 9.17) is 5.73 Å². The number of alkyl halides is 3. The molecule has 0 spiro atoms. The fourth-order valence-electron chi connectivity index (χ4n) is 3.37. The summed E-state index contributed by atoms with van der Waals surface area (Å²) in [6.07, 6.45) is -1.84. The average molecular weight is 312 g/mol. The van der Waals surface area contributed by atoms with Crippen molar-refractivity contribution in [3.05, 3.63) is 35.4 Å². The molecule has 3 nitrogen and oxygen atoms in total. The van der Waals surface area contributed by atoms with Gasteiger partial charge >= 0.3 is 6.18 Å². The zero-order valence-corrected chi connectivity index (χ0v) is 12.1. The molecular formula is C16H19F3N2O. The molecule has 3 atom stereocenters. The van der Waals surface area contributed by atoms with Crippen LogP contribution < -0.4 is 5.73 Å². The molecule has 1 aromatic rings. The lowest BCUT2D eigenvalue weighted by molar-refractivity contribution is -0.137. The zero-order valence-electron chi connectivity index (χ0n) is 12.1. The number of nitrogens with zero attached hydrogens (tertiary/aromatic N) is 1. The first kappa shape index (κ1) is 15.3. The number of rotatable bonds is 3. The van der Waals surface area contributed by atoms with Gasteiger partial charge in [0.2, 0.25) is 5.91 Å². The molecule has 0 radical (unpaired) electrons. The van der Waals surface area contributed by atoms with Crippen LogP contribution in [0.1, 0.15) is 36.3 Å². The van der Waals surface area contributed by atoms with E-state index in [2.05, 4.69) is 0 Å². The second kappa shape index (κ2) is 5.57. The van der Waals surface area contributed by atoms with Crippen molar-refractivity contribution in [2.75, 3.05) is 13.1 Å².